The number of hydrogen-bond acceptors (Lipinski definition) is 3. The van der Waals surface area contributed by atoms with E-state index < -0.39 is 0 Å². The van der Waals surface area contributed by atoms with Gasteiger partial charge in [0.1, 0.15) is 17.6 Å². The number of rotatable bonds is 4. The van der Waals surface area contributed by atoms with Crippen molar-refractivity contribution in [1.82, 2.24) is 19.9 Å². The molecule has 0 aliphatic heterocycles. The average Bonchev–Trinajstić information content (AvgIpc) is 2.87. The molecule has 22 heavy (non-hydrogen) atoms. The van der Waals surface area contributed by atoms with Crippen LogP contribution in [0.1, 0.15) is 13.8 Å². The quantitative estimate of drug-likeness (QED) is 0.768. The summed E-state index contributed by atoms with van der Waals surface area (Å²) in [4.78, 5) is 31.8. The Kier molecular flexibility index (Phi) is 3.66. The highest BCUT2D eigenvalue weighted by molar-refractivity contribution is 6.04. The van der Waals surface area contributed by atoms with E-state index in [4.69, 9.17) is 0 Å². The molecular formula is C16H18N4O2. The summed E-state index contributed by atoms with van der Waals surface area (Å²) in [5.41, 5.74) is 1.70. The van der Waals surface area contributed by atoms with Crippen LogP contribution < -0.4 is 10.9 Å². The van der Waals surface area contributed by atoms with Crippen molar-refractivity contribution in [3.63, 3.8) is 0 Å². The zero-order valence-corrected chi connectivity index (χ0v) is 12.6. The first-order valence-electron chi connectivity index (χ1n) is 7.29. The molecule has 1 amide bonds. The van der Waals surface area contributed by atoms with Crippen LogP contribution in [0, 0.1) is 5.92 Å². The highest BCUT2D eigenvalue weighted by Gasteiger charge is 2.12. The summed E-state index contributed by atoms with van der Waals surface area (Å²) in [5, 5.41) is 3.70. The van der Waals surface area contributed by atoms with Crippen molar-refractivity contribution in [2.75, 3.05) is 6.54 Å². The molecule has 0 saturated heterocycles. The Labute approximate surface area is 127 Å². The summed E-state index contributed by atoms with van der Waals surface area (Å²) in [5.74, 6) is 0.183. The molecular weight excluding hydrogens is 280 g/mol. The number of aromatic amines is 1. The highest BCUT2D eigenvalue weighted by atomic mass is 16.2. The van der Waals surface area contributed by atoms with Gasteiger partial charge in [-0.25, -0.2) is 4.98 Å². The second-order valence-corrected chi connectivity index (χ2v) is 5.77. The lowest BCUT2D eigenvalue weighted by molar-refractivity contribution is -0.121. The predicted molar refractivity (Wildman–Crippen MR) is 85.7 cm³/mol. The smallest absolute Gasteiger partial charge is 0.278 e. The van der Waals surface area contributed by atoms with Crippen molar-refractivity contribution < 1.29 is 4.79 Å². The molecule has 6 heteroatoms. The minimum atomic E-state index is -0.235. The molecule has 2 N–H and O–H groups in total. The lowest BCUT2D eigenvalue weighted by atomic mass is 10.2. The summed E-state index contributed by atoms with van der Waals surface area (Å²) >= 11 is 0. The standard InChI is InChI=1S/C16H18N4O2/c1-10(2)7-17-13(21)8-20-9-18-14-11-5-3-4-6-12(11)19-15(14)16(20)22/h3-6,9-10,19H,7-8H2,1-2H3,(H,17,21). The predicted octanol–water partition coefficient (Wildman–Crippen LogP) is 1.65. The molecule has 1 aromatic carbocycles. The van der Waals surface area contributed by atoms with Gasteiger partial charge < -0.3 is 10.3 Å². The number of hydrogen-bond donors (Lipinski definition) is 2. The van der Waals surface area contributed by atoms with Gasteiger partial charge in [0.2, 0.25) is 5.91 Å². The largest absolute Gasteiger partial charge is 0.354 e. The molecule has 3 aromatic rings. The van der Waals surface area contributed by atoms with Gasteiger partial charge in [0.05, 0.1) is 6.33 Å². The molecule has 0 aliphatic carbocycles. The molecule has 2 aromatic heterocycles. The van der Waals surface area contributed by atoms with Crippen molar-refractivity contribution in [2.24, 2.45) is 5.92 Å². The van der Waals surface area contributed by atoms with E-state index in [1.54, 1.807) is 0 Å². The van der Waals surface area contributed by atoms with Crippen molar-refractivity contribution in [3.05, 3.63) is 40.9 Å². The molecule has 0 aliphatic rings. The van der Waals surface area contributed by atoms with Crippen LogP contribution in [0.5, 0.6) is 0 Å². The number of nitrogens with zero attached hydrogens (tertiary/aromatic N) is 2. The maximum atomic E-state index is 12.5. The summed E-state index contributed by atoms with van der Waals surface area (Å²) in [6, 6.07) is 7.62. The van der Waals surface area contributed by atoms with Crippen LogP contribution in [0.15, 0.2) is 35.4 Å². The lowest BCUT2D eigenvalue weighted by Crippen LogP contribution is -2.34. The van der Waals surface area contributed by atoms with Gasteiger partial charge in [-0.3, -0.25) is 14.2 Å². The summed E-state index contributed by atoms with van der Waals surface area (Å²) in [6.07, 6.45) is 1.43. The third-order valence-corrected chi connectivity index (χ3v) is 3.50. The molecule has 2 heterocycles. The van der Waals surface area contributed by atoms with Crippen molar-refractivity contribution in [2.45, 2.75) is 20.4 Å². The number of H-pyrrole nitrogens is 1. The van der Waals surface area contributed by atoms with Crippen molar-refractivity contribution >= 4 is 27.8 Å². The molecule has 0 fully saturated rings. The molecule has 3 rings (SSSR count). The van der Waals surface area contributed by atoms with Crippen LogP contribution >= 0.6 is 0 Å². The monoisotopic (exact) mass is 298 g/mol. The number of carbonyl (C=O) groups excluding carboxylic acids is 1. The fraction of sp³-hybridized carbons (Fsp3) is 0.312. The molecule has 0 radical (unpaired) electrons. The van der Waals surface area contributed by atoms with Crippen LogP contribution in [-0.4, -0.2) is 27.0 Å². The first-order valence-corrected chi connectivity index (χ1v) is 7.29. The van der Waals surface area contributed by atoms with E-state index in [9.17, 15) is 9.59 Å². The Bertz CT molecular complexity index is 892. The van der Waals surface area contributed by atoms with Crippen LogP contribution in [0.25, 0.3) is 21.9 Å². The maximum Gasteiger partial charge on any atom is 0.278 e. The lowest BCUT2D eigenvalue weighted by Gasteiger charge is -2.08. The fourth-order valence-electron chi connectivity index (χ4n) is 2.38. The number of amides is 1. The molecule has 114 valence electrons. The van der Waals surface area contributed by atoms with E-state index >= 15 is 0 Å². The van der Waals surface area contributed by atoms with E-state index in [1.165, 1.54) is 10.9 Å². The summed E-state index contributed by atoms with van der Waals surface area (Å²) in [6.45, 7) is 4.61. The van der Waals surface area contributed by atoms with Gasteiger partial charge >= 0.3 is 0 Å². The highest BCUT2D eigenvalue weighted by Crippen LogP contribution is 2.20. The van der Waals surface area contributed by atoms with Gasteiger partial charge in [0.15, 0.2) is 0 Å². The fourth-order valence-corrected chi connectivity index (χ4v) is 2.38. The Morgan fingerprint density at radius 3 is 2.91 bits per heavy atom. The van der Waals surface area contributed by atoms with Gasteiger partial charge in [0.25, 0.3) is 5.56 Å². The number of para-hydroxylation sites is 1. The van der Waals surface area contributed by atoms with E-state index in [0.717, 1.165) is 10.9 Å². The number of benzene rings is 1. The van der Waals surface area contributed by atoms with E-state index in [2.05, 4.69) is 15.3 Å². The first kappa shape index (κ1) is 14.3. The van der Waals surface area contributed by atoms with Crippen molar-refractivity contribution in [3.8, 4) is 0 Å². The first-order chi connectivity index (χ1) is 10.6. The molecule has 0 saturated carbocycles. The summed E-state index contributed by atoms with van der Waals surface area (Å²) < 4.78 is 1.33. The van der Waals surface area contributed by atoms with Crippen LogP contribution in [0.4, 0.5) is 0 Å². The van der Waals surface area contributed by atoms with E-state index in [-0.39, 0.29) is 18.0 Å². The minimum Gasteiger partial charge on any atom is -0.354 e. The Morgan fingerprint density at radius 1 is 1.36 bits per heavy atom. The van der Waals surface area contributed by atoms with Gasteiger partial charge in [-0.1, -0.05) is 32.0 Å². The molecule has 0 atom stereocenters. The second-order valence-electron chi connectivity index (χ2n) is 5.77. The molecule has 0 spiro atoms. The maximum absolute atomic E-state index is 12.5. The second kappa shape index (κ2) is 5.63. The van der Waals surface area contributed by atoms with Crippen LogP contribution in [0.3, 0.4) is 0 Å². The number of aromatic nitrogens is 3. The topological polar surface area (TPSA) is 79.8 Å². The average molecular weight is 298 g/mol. The van der Waals surface area contributed by atoms with Crippen molar-refractivity contribution in [1.29, 1.82) is 0 Å². The Morgan fingerprint density at radius 2 is 2.14 bits per heavy atom. The van der Waals surface area contributed by atoms with Gasteiger partial charge in [-0.15, -0.1) is 0 Å². The zero-order valence-electron chi connectivity index (χ0n) is 12.6. The third-order valence-electron chi connectivity index (χ3n) is 3.50. The SMILES string of the molecule is CC(C)CNC(=O)Cn1cnc2c([nH]c3ccccc32)c1=O. The van der Waals surface area contributed by atoms with E-state index in [0.29, 0.717) is 23.5 Å². The van der Waals surface area contributed by atoms with Crippen LogP contribution in [0.2, 0.25) is 0 Å². The minimum absolute atomic E-state index is 0.0239. The van der Waals surface area contributed by atoms with E-state index in [1.807, 2.05) is 38.1 Å². The van der Waals surface area contributed by atoms with Gasteiger partial charge in [-0.2, -0.15) is 0 Å². The molecule has 0 bridgehead atoms. The number of nitrogens with one attached hydrogen (secondary N) is 2. The number of fused-ring (bicyclic) bond motifs is 3. The molecule has 6 nitrogen and oxygen atoms in total. The van der Waals surface area contributed by atoms with Crippen LogP contribution in [-0.2, 0) is 11.3 Å². The Balaban J connectivity index is 1.95. The Hall–Kier alpha value is -2.63. The number of carbonyl (C=O) groups is 1. The van der Waals surface area contributed by atoms with Gasteiger partial charge in [-0.05, 0) is 12.0 Å². The normalized spacial score (nSPS) is 11.4. The zero-order chi connectivity index (χ0) is 15.7. The molecule has 0 unspecified atom stereocenters. The summed E-state index contributed by atoms with van der Waals surface area (Å²) in [7, 11) is 0. The third kappa shape index (κ3) is 2.59. The van der Waals surface area contributed by atoms with Gasteiger partial charge in [0, 0.05) is 17.4 Å².